The lowest BCUT2D eigenvalue weighted by atomic mass is 9.89. The van der Waals surface area contributed by atoms with E-state index < -0.39 is 16.0 Å². The van der Waals surface area contributed by atoms with Gasteiger partial charge in [-0.15, -0.1) is 0 Å². The number of hydrogen-bond acceptors (Lipinski definition) is 5. The van der Waals surface area contributed by atoms with Gasteiger partial charge in [-0.3, -0.25) is 4.72 Å². The van der Waals surface area contributed by atoms with Crippen molar-refractivity contribution in [2.24, 2.45) is 5.41 Å². The minimum Gasteiger partial charge on any atom is -0.488 e. The average Bonchev–Trinajstić information content (AvgIpc) is 3.54. The number of nitriles is 1. The lowest BCUT2D eigenvalue weighted by Crippen LogP contribution is -2.29. The molecule has 7 nitrogen and oxygen atoms in total. The Bertz CT molecular complexity index is 1260. The molecular weight excluding hydrogens is 464 g/mol. The Morgan fingerprint density at radius 1 is 1.24 bits per heavy atom. The standard InChI is InChI=1S/C24H25ClN2O5S/c1-24(2)9-3-4-22(24)32-20-12-18(25)16(13-26)10-19(20)27-33(30,31)21-11-15(23(28)29)7-8-17(21)14-5-6-14/h7-8,10-12,14,22,27H,3-6,9H2,1-2H3,(H,28,29)/t22-/m0/s1. The SMILES string of the molecule is CC1(C)CCC[C@@H]1Oc1cc(Cl)c(C#N)cc1NS(=O)(=O)c1cc(C(=O)O)ccc1C1CC1. The van der Waals surface area contributed by atoms with Crippen LogP contribution in [0.5, 0.6) is 5.75 Å². The summed E-state index contributed by atoms with van der Waals surface area (Å²) in [6, 6.07) is 8.94. The van der Waals surface area contributed by atoms with E-state index in [1.165, 1.54) is 24.3 Å². The molecule has 0 saturated heterocycles. The molecule has 0 bridgehead atoms. The van der Waals surface area contributed by atoms with E-state index >= 15 is 0 Å². The summed E-state index contributed by atoms with van der Waals surface area (Å²) in [5, 5.41) is 19.0. The van der Waals surface area contributed by atoms with Gasteiger partial charge in [-0.25, -0.2) is 13.2 Å². The smallest absolute Gasteiger partial charge is 0.335 e. The van der Waals surface area contributed by atoms with Gasteiger partial charge in [0.1, 0.15) is 17.9 Å². The van der Waals surface area contributed by atoms with E-state index in [4.69, 9.17) is 16.3 Å². The van der Waals surface area contributed by atoms with Crippen molar-refractivity contribution in [1.82, 2.24) is 0 Å². The Morgan fingerprint density at radius 3 is 2.55 bits per heavy atom. The number of benzene rings is 2. The third kappa shape index (κ3) is 4.80. The summed E-state index contributed by atoms with van der Waals surface area (Å²) in [5.41, 5.74) is 0.584. The summed E-state index contributed by atoms with van der Waals surface area (Å²) in [7, 11) is -4.17. The summed E-state index contributed by atoms with van der Waals surface area (Å²) in [6.45, 7) is 4.19. The van der Waals surface area contributed by atoms with Crippen molar-refractivity contribution in [3.8, 4) is 11.8 Å². The molecule has 2 N–H and O–H groups in total. The van der Waals surface area contributed by atoms with Crippen molar-refractivity contribution < 1.29 is 23.1 Å². The second-order valence-corrected chi connectivity index (χ2v) is 11.4. The molecule has 2 aromatic rings. The van der Waals surface area contributed by atoms with Crippen molar-refractivity contribution >= 4 is 33.3 Å². The molecular formula is C24H25ClN2O5S. The van der Waals surface area contributed by atoms with E-state index in [9.17, 15) is 23.6 Å². The summed E-state index contributed by atoms with van der Waals surface area (Å²) in [4.78, 5) is 11.4. The van der Waals surface area contributed by atoms with Crippen LogP contribution in [-0.4, -0.2) is 25.6 Å². The fraction of sp³-hybridized carbons (Fsp3) is 0.417. The van der Waals surface area contributed by atoms with Crippen LogP contribution in [0.1, 0.15) is 73.4 Å². The Balaban J connectivity index is 1.76. The first kappa shape index (κ1) is 23.4. The lowest BCUT2D eigenvalue weighted by molar-refractivity contribution is 0.0696. The van der Waals surface area contributed by atoms with Gasteiger partial charge in [0.2, 0.25) is 0 Å². The van der Waals surface area contributed by atoms with Gasteiger partial charge in [0.25, 0.3) is 10.0 Å². The van der Waals surface area contributed by atoms with Crippen molar-refractivity contribution in [3.63, 3.8) is 0 Å². The van der Waals surface area contributed by atoms with Crippen LogP contribution in [0.3, 0.4) is 0 Å². The summed E-state index contributed by atoms with van der Waals surface area (Å²) >= 11 is 6.23. The van der Waals surface area contributed by atoms with Gasteiger partial charge >= 0.3 is 5.97 Å². The molecule has 0 heterocycles. The number of hydrogen-bond donors (Lipinski definition) is 2. The second-order valence-electron chi connectivity index (χ2n) is 9.36. The molecule has 0 aromatic heterocycles. The zero-order valence-corrected chi connectivity index (χ0v) is 20.0. The number of nitrogens with one attached hydrogen (secondary N) is 1. The summed E-state index contributed by atoms with van der Waals surface area (Å²) < 4.78 is 35.7. The molecule has 4 rings (SSSR count). The molecule has 0 aliphatic heterocycles. The molecule has 2 aliphatic carbocycles. The topological polar surface area (TPSA) is 116 Å². The number of halogens is 1. The first-order valence-electron chi connectivity index (χ1n) is 10.8. The maximum absolute atomic E-state index is 13.5. The number of anilines is 1. The molecule has 9 heteroatoms. The average molecular weight is 489 g/mol. The van der Waals surface area contributed by atoms with E-state index in [0.29, 0.717) is 5.56 Å². The maximum Gasteiger partial charge on any atom is 0.335 e. The van der Waals surface area contributed by atoms with Crippen LogP contribution in [0.2, 0.25) is 5.02 Å². The van der Waals surface area contributed by atoms with Gasteiger partial charge in [-0.05, 0) is 61.8 Å². The van der Waals surface area contributed by atoms with Crippen LogP contribution >= 0.6 is 11.6 Å². The van der Waals surface area contributed by atoms with E-state index in [2.05, 4.69) is 18.6 Å². The number of aromatic carboxylic acids is 1. The maximum atomic E-state index is 13.5. The predicted molar refractivity (Wildman–Crippen MR) is 124 cm³/mol. The first-order valence-corrected chi connectivity index (χ1v) is 12.7. The molecule has 0 amide bonds. The van der Waals surface area contributed by atoms with Crippen molar-refractivity contribution in [1.29, 1.82) is 5.26 Å². The molecule has 2 aromatic carbocycles. The van der Waals surface area contributed by atoms with E-state index in [-0.39, 0.29) is 49.9 Å². The number of carbonyl (C=O) groups is 1. The highest BCUT2D eigenvalue weighted by Gasteiger charge is 2.37. The van der Waals surface area contributed by atoms with Gasteiger partial charge in [-0.2, -0.15) is 5.26 Å². The monoisotopic (exact) mass is 488 g/mol. The quantitative estimate of drug-likeness (QED) is 0.528. The number of sulfonamides is 1. The molecule has 0 unspecified atom stereocenters. The first-order chi connectivity index (χ1) is 15.5. The second kappa shape index (κ2) is 8.54. The van der Waals surface area contributed by atoms with Crippen LogP contribution < -0.4 is 9.46 Å². The van der Waals surface area contributed by atoms with Gasteiger partial charge in [0, 0.05) is 11.5 Å². The van der Waals surface area contributed by atoms with Gasteiger partial charge in [-0.1, -0.05) is 31.5 Å². The number of carboxylic acids is 1. The molecule has 2 aliphatic rings. The molecule has 0 spiro atoms. The van der Waals surface area contributed by atoms with Crippen LogP contribution in [0, 0.1) is 16.7 Å². The van der Waals surface area contributed by atoms with Crippen LogP contribution in [0.15, 0.2) is 35.2 Å². The fourth-order valence-corrected chi connectivity index (χ4v) is 5.90. The van der Waals surface area contributed by atoms with Crippen molar-refractivity contribution in [3.05, 3.63) is 52.0 Å². The predicted octanol–water partition coefficient (Wildman–Crippen LogP) is 5.55. The number of nitrogens with zero attached hydrogens (tertiary/aromatic N) is 1. The van der Waals surface area contributed by atoms with E-state index in [0.717, 1.165) is 32.1 Å². The largest absolute Gasteiger partial charge is 0.488 e. The molecule has 2 fully saturated rings. The van der Waals surface area contributed by atoms with Crippen molar-refractivity contribution in [2.75, 3.05) is 4.72 Å². The van der Waals surface area contributed by atoms with Crippen LogP contribution in [-0.2, 0) is 10.0 Å². The minimum atomic E-state index is -4.17. The van der Waals surface area contributed by atoms with Gasteiger partial charge < -0.3 is 9.84 Å². The highest BCUT2D eigenvalue weighted by atomic mass is 35.5. The zero-order valence-electron chi connectivity index (χ0n) is 18.4. The molecule has 0 radical (unpaired) electrons. The molecule has 1 atom stereocenters. The van der Waals surface area contributed by atoms with Crippen molar-refractivity contribution in [2.45, 2.75) is 62.9 Å². The number of carboxylic acid groups (broad SMARTS) is 1. The lowest BCUT2D eigenvalue weighted by Gasteiger charge is -2.28. The van der Waals surface area contributed by atoms with Gasteiger partial charge in [0.05, 0.1) is 26.7 Å². The number of rotatable bonds is 7. The molecule has 33 heavy (non-hydrogen) atoms. The van der Waals surface area contributed by atoms with E-state index in [1.54, 1.807) is 6.07 Å². The molecule has 2 saturated carbocycles. The normalized spacial score (nSPS) is 19.6. The Kier molecular flexibility index (Phi) is 6.06. The zero-order chi connectivity index (χ0) is 24.0. The highest BCUT2D eigenvalue weighted by Crippen LogP contribution is 2.45. The third-order valence-electron chi connectivity index (χ3n) is 6.43. The Labute approximate surface area is 198 Å². The molecule has 174 valence electrons. The highest BCUT2D eigenvalue weighted by molar-refractivity contribution is 7.92. The third-order valence-corrected chi connectivity index (χ3v) is 8.16. The fourth-order valence-electron chi connectivity index (χ4n) is 4.32. The van der Waals surface area contributed by atoms with Crippen LogP contribution in [0.4, 0.5) is 5.69 Å². The Morgan fingerprint density at radius 2 is 1.97 bits per heavy atom. The van der Waals surface area contributed by atoms with Crippen LogP contribution in [0.25, 0.3) is 0 Å². The Hall–Kier alpha value is -2.76. The summed E-state index contributed by atoms with van der Waals surface area (Å²) in [5.74, 6) is -0.890. The number of ether oxygens (including phenoxy) is 1. The van der Waals surface area contributed by atoms with E-state index in [1.807, 2.05) is 6.07 Å². The summed E-state index contributed by atoms with van der Waals surface area (Å²) in [6.07, 6.45) is 4.36. The van der Waals surface area contributed by atoms with Gasteiger partial charge in [0.15, 0.2) is 0 Å². The minimum absolute atomic E-state index is 0.0781.